The van der Waals surface area contributed by atoms with Crippen molar-refractivity contribution >= 4 is 34.9 Å². The predicted molar refractivity (Wildman–Crippen MR) is 127 cm³/mol. The number of ether oxygens (including phenoxy) is 4. The number of hydrogen-bond acceptors (Lipinski definition) is 8. The number of halogens is 2. The van der Waals surface area contributed by atoms with Crippen molar-refractivity contribution in [3.05, 3.63) is 46.4 Å². The first kappa shape index (κ1) is 26.1. The molecular weight excluding hydrogens is 489 g/mol. The summed E-state index contributed by atoms with van der Waals surface area (Å²) >= 11 is 12.1. The second-order valence-electron chi connectivity index (χ2n) is 7.41. The summed E-state index contributed by atoms with van der Waals surface area (Å²) in [6, 6.07) is 9.24. The highest BCUT2D eigenvalue weighted by Crippen LogP contribution is 2.36. The number of rotatable bonds is 12. The molecule has 3 rings (SSSR count). The lowest BCUT2D eigenvalue weighted by Crippen LogP contribution is -2.34. The third-order valence-corrected chi connectivity index (χ3v) is 5.20. The zero-order valence-electron chi connectivity index (χ0n) is 18.5. The summed E-state index contributed by atoms with van der Waals surface area (Å²) in [7, 11) is 1.55. The van der Waals surface area contributed by atoms with E-state index in [0.717, 1.165) is 0 Å². The fourth-order valence-corrected chi connectivity index (χ4v) is 3.47. The number of anilines is 1. The largest absolute Gasteiger partial charge is 0.489 e. The second-order valence-corrected chi connectivity index (χ2v) is 8.25. The SMILES string of the molecule is COCCOc1cc(OC[C@@H](O)CN2C[C@@H](Oc3ccc(Cl)cc3)CO2)c(NC(N)=O)cc1Cl. The highest BCUT2D eigenvalue weighted by molar-refractivity contribution is 6.32. The Morgan fingerprint density at radius 1 is 1.24 bits per heavy atom. The molecule has 2 amide bonds. The fraction of sp³-hybridized carbons (Fsp3) is 0.409. The maximum Gasteiger partial charge on any atom is 0.316 e. The van der Waals surface area contributed by atoms with Crippen molar-refractivity contribution in [2.75, 3.05) is 51.9 Å². The standard InChI is InChI=1S/C22H27Cl2N3O7/c1-30-6-7-31-20-9-21(19(8-18(20)24)26-22(25)29)32-12-15(28)10-27-11-17(13-33-27)34-16-4-2-14(23)3-5-16/h2-5,8-9,15,17,28H,6-7,10-13H2,1H3,(H3,25,26,29)/t15-,17+/m0/s1. The van der Waals surface area contributed by atoms with Crippen LogP contribution in [-0.4, -0.2) is 75.0 Å². The van der Waals surface area contributed by atoms with Gasteiger partial charge in [-0.05, 0) is 30.3 Å². The summed E-state index contributed by atoms with van der Waals surface area (Å²) in [4.78, 5) is 16.9. The Morgan fingerprint density at radius 2 is 2.00 bits per heavy atom. The second kappa shape index (κ2) is 12.8. The summed E-state index contributed by atoms with van der Waals surface area (Å²) in [5.74, 6) is 1.26. The smallest absolute Gasteiger partial charge is 0.316 e. The van der Waals surface area contributed by atoms with Crippen molar-refractivity contribution in [1.29, 1.82) is 0 Å². The molecule has 34 heavy (non-hydrogen) atoms. The highest BCUT2D eigenvalue weighted by Gasteiger charge is 2.27. The number of nitrogens with zero attached hydrogens (tertiary/aromatic N) is 1. The van der Waals surface area contributed by atoms with Crippen LogP contribution in [0.15, 0.2) is 36.4 Å². The van der Waals surface area contributed by atoms with E-state index in [2.05, 4.69) is 5.32 Å². The van der Waals surface area contributed by atoms with Gasteiger partial charge in [-0.1, -0.05) is 23.2 Å². The number of methoxy groups -OCH3 is 1. The molecular formula is C22H27Cl2N3O7. The summed E-state index contributed by atoms with van der Waals surface area (Å²) in [6.45, 7) is 1.55. The first-order valence-electron chi connectivity index (χ1n) is 10.5. The molecule has 10 nitrogen and oxygen atoms in total. The molecule has 2 atom stereocenters. The molecule has 1 aliphatic rings. The number of aliphatic hydroxyl groups is 1. The fourth-order valence-electron chi connectivity index (χ4n) is 3.13. The number of nitrogens with one attached hydrogen (secondary N) is 1. The van der Waals surface area contributed by atoms with E-state index < -0.39 is 12.1 Å². The van der Waals surface area contributed by atoms with Crippen LogP contribution in [0, 0.1) is 0 Å². The molecule has 2 aromatic rings. The Labute approximate surface area is 207 Å². The molecule has 0 radical (unpaired) electrons. The Bertz CT molecular complexity index is 949. The number of β-amino-alcohol motifs (C(OH)–C–C–N with tert-alkyl or cyclic N) is 1. The van der Waals surface area contributed by atoms with Gasteiger partial charge < -0.3 is 35.1 Å². The van der Waals surface area contributed by atoms with Gasteiger partial charge >= 0.3 is 6.03 Å². The topological polar surface area (TPSA) is 125 Å². The van der Waals surface area contributed by atoms with Crippen molar-refractivity contribution in [2.45, 2.75) is 12.2 Å². The van der Waals surface area contributed by atoms with Gasteiger partial charge in [0.1, 0.15) is 49.3 Å². The van der Waals surface area contributed by atoms with Crippen molar-refractivity contribution in [2.24, 2.45) is 5.73 Å². The van der Waals surface area contributed by atoms with Crippen LogP contribution in [0.25, 0.3) is 0 Å². The Balaban J connectivity index is 1.53. The van der Waals surface area contributed by atoms with E-state index in [1.807, 2.05) is 0 Å². The van der Waals surface area contributed by atoms with Crippen LogP contribution in [-0.2, 0) is 9.57 Å². The summed E-state index contributed by atoms with van der Waals surface area (Å²) < 4.78 is 22.1. The number of nitrogens with two attached hydrogens (primary N) is 1. The van der Waals surface area contributed by atoms with E-state index in [1.165, 1.54) is 12.1 Å². The van der Waals surface area contributed by atoms with Crippen molar-refractivity contribution < 1.29 is 33.7 Å². The zero-order valence-corrected chi connectivity index (χ0v) is 20.1. The van der Waals surface area contributed by atoms with Gasteiger partial charge in [-0.15, -0.1) is 0 Å². The average Bonchev–Trinajstić information content (AvgIpc) is 3.22. The van der Waals surface area contributed by atoms with E-state index in [4.69, 9.17) is 52.7 Å². The molecule has 0 bridgehead atoms. The summed E-state index contributed by atoms with van der Waals surface area (Å²) in [6.07, 6.45) is -1.09. The van der Waals surface area contributed by atoms with Crippen LogP contribution >= 0.6 is 23.2 Å². The van der Waals surface area contributed by atoms with Crippen LogP contribution in [0.2, 0.25) is 10.0 Å². The molecule has 0 aromatic heterocycles. The molecule has 186 valence electrons. The molecule has 1 fully saturated rings. The molecule has 0 saturated carbocycles. The number of benzene rings is 2. The Kier molecular flexibility index (Phi) is 9.87. The van der Waals surface area contributed by atoms with Gasteiger partial charge in [-0.3, -0.25) is 4.84 Å². The first-order chi connectivity index (χ1) is 16.3. The maximum absolute atomic E-state index is 11.3. The quantitative estimate of drug-likeness (QED) is 0.368. The van der Waals surface area contributed by atoms with Crippen LogP contribution < -0.4 is 25.3 Å². The third kappa shape index (κ3) is 8.08. The lowest BCUT2D eigenvalue weighted by atomic mass is 10.2. The van der Waals surface area contributed by atoms with Gasteiger partial charge in [0.05, 0.1) is 30.4 Å². The molecule has 4 N–H and O–H groups in total. The molecule has 1 heterocycles. The Hall–Kier alpha value is -2.47. The minimum Gasteiger partial charge on any atom is -0.489 e. The number of urea groups is 1. The third-order valence-electron chi connectivity index (χ3n) is 4.65. The summed E-state index contributed by atoms with van der Waals surface area (Å²) in [5, 5.41) is 15.4. The number of carbonyl (C=O) groups excluding carboxylic acids is 1. The van der Waals surface area contributed by atoms with E-state index in [-0.39, 0.29) is 42.3 Å². The number of carbonyl (C=O) groups is 1. The predicted octanol–water partition coefficient (Wildman–Crippen LogP) is 2.94. The zero-order chi connectivity index (χ0) is 24.5. The lowest BCUT2D eigenvalue weighted by molar-refractivity contribution is -0.131. The minimum atomic E-state index is -0.899. The van der Waals surface area contributed by atoms with Crippen LogP contribution in [0.1, 0.15) is 0 Å². The van der Waals surface area contributed by atoms with E-state index in [0.29, 0.717) is 36.3 Å². The van der Waals surface area contributed by atoms with Gasteiger partial charge in [-0.2, -0.15) is 5.06 Å². The van der Waals surface area contributed by atoms with Crippen LogP contribution in [0.4, 0.5) is 10.5 Å². The number of aliphatic hydroxyl groups excluding tert-OH is 1. The molecule has 2 aromatic carbocycles. The van der Waals surface area contributed by atoms with Gasteiger partial charge in [0, 0.05) is 18.2 Å². The van der Waals surface area contributed by atoms with E-state index in [9.17, 15) is 9.90 Å². The number of amides is 2. The first-order valence-corrected chi connectivity index (χ1v) is 11.2. The molecule has 0 spiro atoms. The van der Waals surface area contributed by atoms with Crippen LogP contribution in [0.5, 0.6) is 17.2 Å². The van der Waals surface area contributed by atoms with Crippen molar-refractivity contribution in [3.63, 3.8) is 0 Å². The van der Waals surface area contributed by atoms with Gasteiger partial charge in [0.15, 0.2) is 0 Å². The van der Waals surface area contributed by atoms with Crippen molar-refractivity contribution in [1.82, 2.24) is 5.06 Å². The normalized spacial score (nSPS) is 16.8. The van der Waals surface area contributed by atoms with Crippen molar-refractivity contribution in [3.8, 4) is 17.2 Å². The lowest BCUT2D eigenvalue weighted by Gasteiger charge is -2.20. The minimum absolute atomic E-state index is 0.0881. The van der Waals surface area contributed by atoms with Crippen LogP contribution in [0.3, 0.4) is 0 Å². The molecule has 1 aliphatic heterocycles. The molecule has 1 saturated heterocycles. The molecule has 0 unspecified atom stereocenters. The maximum atomic E-state index is 11.3. The highest BCUT2D eigenvalue weighted by atomic mass is 35.5. The number of hydrogen-bond donors (Lipinski definition) is 3. The monoisotopic (exact) mass is 515 g/mol. The van der Waals surface area contributed by atoms with E-state index >= 15 is 0 Å². The molecule has 12 heteroatoms. The van der Waals surface area contributed by atoms with Gasteiger partial charge in [0.25, 0.3) is 0 Å². The number of hydroxylamine groups is 2. The average molecular weight is 516 g/mol. The van der Waals surface area contributed by atoms with Gasteiger partial charge in [-0.25, -0.2) is 4.79 Å². The molecule has 0 aliphatic carbocycles. The Morgan fingerprint density at radius 3 is 2.71 bits per heavy atom. The van der Waals surface area contributed by atoms with Gasteiger partial charge in [0.2, 0.25) is 0 Å². The number of primary amides is 1. The van der Waals surface area contributed by atoms with E-state index in [1.54, 1.807) is 36.4 Å². The summed E-state index contributed by atoms with van der Waals surface area (Å²) in [5.41, 5.74) is 5.48.